The van der Waals surface area contributed by atoms with Gasteiger partial charge in [-0.05, 0) is 53.6 Å². The van der Waals surface area contributed by atoms with E-state index in [1.54, 1.807) is 12.1 Å². The van der Waals surface area contributed by atoms with Gasteiger partial charge in [-0.15, -0.1) is 0 Å². The Balaban J connectivity index is 2.52. The van der Waals surface area contributed by atoms with Gasteiger partial charge < -0.3 is 24.1 Å². The van der Waals surface area contributed by atoms with Crippen LogP contribution in [0.5, 0.6) is 5.75 Å². The first-order valence-electron chi connectivity index (χ1n) is 10.4. The first-order chi connectivity index (χ1) is 15.7. The molecular weight excluding hydrogens is 546 g/mol. The van der Waals surface area contributed by atoms with E-state index in [0.29, 0.717) is 15.6 Å². The van der Waals surface area contributed by atoms with Crippen molar-refractivity contribution in [1.82, 2.24) is 9.88 Å². The van der Waals surface area contributed by atoms with E-state index in [0.717, 1.165) is 6.42 Å². The number of nitrogens with zero attached hydrogens (tertiary/aromatic N) is 1. The second-order valence-electron chi connectivity index (χ2n) is 7.29. The number of pyridine rings is 1. The summed E-state index contributed by atoms with van der Waals surface area (Å²) in [5.41, 5.74) is -0.111. The molecule has 10 heteroatoms. The fraction of sp³-hybridized carbons (Fsp3) is 0.435. The van der Waals surface area contributed by atoms with Gasteiger partial charge in [-0.3, -0.25) is 14.4 Å². The number of methoxy groups -OCH3 is 2. The van der Waals surface area contributed by atoms with Crippen LogP contribution in [0.25, 0.3) is 0 Å². The lowest BCUT2D eigenvalue weighted by Gasteiger charge is -2.22. The number of halogens is 2. The highest BCUT2D eigenvalue weighted by atomic mass is 127. The number of amides is 1. The average molecular weight is 574 g/mol. The van der Waals surface area contributed by atoms with Crippen LogP contribution >= 0.6 is 22.6 Å². The molecule has 1 amide bonds. The van der Waals surface area contributed by atoms with Crippen molar-refractivity contribution in [2.45, 2.75) is 46.1 Å². The summed E-state index contributed by atoms with van der Waals surface area (Å²) in [6.45, 7) is 3.59. The molecule has 0 saturated heterocycles. The Labute approximate surface area is 205 Å². The van der Waals surface area contributed by atoms with Crippen molar-refractivity contribution in [1.29, 1.82) is 0 Å². The number of carbonyl (C=O) groups is 2. The van der Waals surface area contributed by atoms with Crippen LogP contribution in [-0.2, 0) is 22.6 Å². The Morgan fingerprint density at radius 2 is 1.94 bits per heavy atom. The third-order valence-electron chi connectivity index (χ3n) is 4.89. The minimum atomic E-state index is -0.735. The van der Waals surface area contributed by atoms with Crippen LogP contribution < -0.4 is 15.5 Å². The average Bonchev–Trinajstić information content (AvgIpc) is 2.79. The summed E-state index contributed by atoms with van der Waals surface area (Å²) in [6.07, 6.45) is 2.07. The van der Waals surface area contributed by atoms with Crippen LogP contribution in [0.2, 0.25) is 0 Å². The van der Waals surface area contributed by atoms with E-state index in [1.807, 2.05) is 29.5 Å². The summed E-state index contributed by atoms with van der Waals surface area (Å²) in [6, 6.07) is 4.50. The normalized spacial score (nSPS) is 11.0. The molecule has 1 heterocycles. The predicted molar refractivity (Wildman–Crippen MR) is 129 cm³/mol. The van der Waals surface area contributed by atoms with Crippen LogP contribution in [0.3, 0.4) is 0 Å². The molecule has 0 aliphatic rings. The molecule has 33 heavy (non-hydrogen) atoms. The number of unbranched alkanes of at least 4 members (excludes halogenated alkanes) is 1. The number of ether oxygens (including phenoxy) is 3. The molecule has 2 aromatic rings. The first kappa shape index (κ1) is 26.9. The summed E-state index contributed by atoms with van der Waals surface area (Å²) in [7, 11) is 2.88. The molecule has 180 valence electrons. The fourth-order valence-electron chi connectivity index (χ4n) is 3.04. The number of aromatic nitrogens is 1. The Morgan fingerprint density at radius 3 is 2.52 bits per heavy atom. The quantitative estimate of drug-likeness (QED) is 0.181. The number of hydrogen-bond acceptors (Lipinski definition) is 6. The fourth-order valence-corrected chi connectivity index (χ4v) is 3.62. The third-order valence-corrected chi connectivity index (χ3v) is 5.71. The second-order valence-corrected chi connectivity index (χ2v) is 8.45. The van der Waals surface area contributed by atoms with Gasteiger partial charge in [0, 0.05) is 30.5 Å². The van der Waals surface area contributed by atoms with Gasteiger partial charge in [0.15, 0.2) is 23.5 Å². The lowest BCUT2D eigenvalue weighted by atomic mass is 10.1. The highest BCUT2D eigenvalue weighted by molar-refractivity contribution is 14.1. The lowest BCUT2D eigenvalue weighted by molar-refractivity contribution is -0.111. The molecule has 1 aromatic carbocycles. The molecule has 0 atom stereocenters. The summed E-state index contributed by atoms with van der Waals surface area (Å²) in [5, 5.41) is 2.75. The van der Waals surface area contributed by atoms with E-state index in [-0.39, 0.29) is 42.5 Å². The molecule has 0 aliphatic carbocycles. The molecule has 0 spiro atoms. The maximum Gasteiger partial charge on any atom is 0.272 e. The number of nitrogens with one attached hydrogen (secondary N) is 1. The molecule has 0 saturated carbocycles. The van der Waals surface area contributed by atoms with Gasteiger partial charge in [-0.2, -0.15) is 0 Å². The largest absolute Gasteiger partial charge is 0.487 e. The molecule has 0 fully saturated rings. The monoisotopic (exact) mass is 574 g/mol. The number of carbonyl (C=O) groups excluding carboxylic acids is 2. The van der Waals surface area contributed by atoms with Crippen molar-refractivity contribution in [3.05, 3.63) is 60.8 Å². The summed E-state index contributed by atoms with van der Waals surface area (Å²) in [4.78, 5) is 38.4. The van der Waals surface area contributed by atoms with Gasteiger partial charge in [0.25, 0.3) is 5.91 Å². The molecule has 0 radical (unpaired) electrons. The van der Waals surface area contributed by atoms with Crippen molar-refractivity contribution in [3.8, 4) is 5.75 Å². The van der Waals surface area contributed by atoms with Crippen LogP contribution in [-0.4, -0.2) is 43.4 Å². The van der Waals surface area contributed by atoms with Crippen molar-refractivity contribution in [3.63, 3.8) is 0 Å². The van der Waals surface area contributed by atoms with Crippen molar-refractivity contribution >= 4 is 34.3 Å². The van der Waals surface area contributed by atoms with Gasteiger partial charge in [0.1, 0.15) is 5.82 Å². The molecule has 1 aromatic heterocycles. The van der Waals surface area contributed by atoms with Crippen molar-refractivity contribution in [2.24, 2.45) is 0 Å². The maximum absolute atomic E-state index is 13.6. The Hall–Kier alpha value is -2.31. The van der Waals surface area contributed by atoms with Crippen LogP contribution in [0.15, 0.2) is 29.2 Å². The standard InChI is InChI=1S/C23H28FIN2O6/c1-5-6-9-33-22-20(23(30)26-11-15-7-8-17(24)18(25)10-15)27(13-19(31-3)32-4)12-16(14(2)28)21(22)29/h7-8,10,12,19H,5-6,9,11,13H2,1-4H3,(H,26,30). The molecule has 0 bridgehead atoms. The van der Waals surface area contributed by atoms with Gasteiger partial charge in [0.2, 0.25) is 5.43 Å². The Bertz CT molecular complexity index is 1050. The van der Waals surface area contributed by atoms with Gasteiger partial charge >= 0.3 is 0 Å². The molecular formula is C23H28FIN2O6. The number of benzene rings is 1. The Kier molecular flexibility index (Phi) is 10.5. The third kappa shape index (κ3) is 7.08. The smallest absolute Gasteiger partial charge is 0.272 e. The van der Waals surface area contributed by atoms with Crippen LogP contribution in [0, 0.1) is 9.39 Å². The summed E-state index contributed by atoms with van der Waals surface area (Å²) < 4.78 is 31.6. The minimum Gasteiger partial charge on any atom is -0.487 e. The van der Waals surface area contributed by atoms with Gasteiger partial charge in [-0.1, -0.05) is 19.4 Å². The predicted octanol–water partition coefficient (Wildman–Crippen LogP) is 3.52. The SMILES string of the molecule is CCCCOc1c(C(=O)NCc2ccc(F)c(I)c2)n(CC(OC)OC)cc(C(C)=O)c1=O. The van der Waals surface area contributed by atoms with Crippen molar-refractivity contribution < 1.29 is 28.2 Å². The topological polar surface area (TPSA) is 95.9 Å². The molecule has 8 nitrogen and oxygen atoms in total. The second kappa shape index (κ2) is 12.8. The van der Waals surface area contributed by atoms with E-state index >= 15 is 0 Å². The van der Waals surface area contributed by atoms with E-state index in [2.05, 4.69) is 5.32 Å². The number of rotatable bonds is 12. The van der Waals surface area contributed by atoms with E-state index in [9.17, 15) is 18.8 Å². The summed E-state index contributed by atoms with van der Waals surface area (Å²) >= 11 is 1.87. The van der Waals surface area contributed by atoms with E-state index in [1.165, 1.54) is 38.0 Å². The Morgan fingerprint density at radius 1 is 1.24 bits per heavy atom. The first-order valence-corrected chi connectivity index (χ1v) is 11.5. The highest BCUT2D eigenvalue weighted by Gasteiger charge is 2.26. The molecule has 0 unspecified atom stereocenters. The molecule has 1 N–H and O–H groups in total. The lowest BCUT2D eigenvalue weighted by Crippen LogP contribution is -2.34. The summed E-state index contributed by atoms with van der Waals surface area (Å²) in [5.74, 6) is -1.59. The highest BCUT2D eigenvalue weighted by Crippen LogP contribution is 2.19. The number of hydrogen-bond donors (Lipinski definition) is 1. The zero-order chi connectivity index (χ0) is 24.5. The van der Waals surface area contributed by atoms with Crippen LogP contribution in [0.4, 0.5) is 4.39 Å². The van der Waals surface area contributed by atoms with E-state index < -0.39 is 23.4 Å². The van der Waals surface area contributed by atoms with Crippen LogP contribution in [0.1, 0.15) is 53.1 Å². The number of Topliss-reactive ketones (excluding diaryl/α,β-unsaturated/α-hetero) is 1. The number of ketones is 1. The molecule has 2 rings (SSSR count). The molecule has 0 aliphatic heterocycles. The zero-order valence-corrected chi connectivity index (χ0v) is 21.2. The minimum absolute atomic E-state index is 0.0366. The van der Waals surface area contributed by atoms with E-state index in [4.69, 9.17) is 14.2 Å². The van der Waals surface area contributed by atoms with Gasteiger partial charge in [0.05, 0.1) is 18.7 Å². The van der Waals surface area contributed by atoms with Gasteiger partial charge in [-0.25, -0.2) is 4.39 Å². The zero-order valence-electron chi connectivity index (χ0n) is 19.1. The maximum atomic E-state index is 13.6. The van der Waals surface area contributed by atoms with Crippen molar-refractivity contribution in [2.75, 3.05) is 20.8 Å².